The fourth-order valence-corrected chi connectivity index (χ4v) is 15.1. The maximum Gasteiger partial charge on any atom is 0.252 e. The minimum atomic E-state index is 0.0613. The average Bonchev–Trinajstić information content (AvgIpc) is 0.841. The van der Waals surface area contributed by atoms with Crippen molar-refractivity contribution in [2.45, 2.75) is 0 Å². The number of hydrogen-bond donors (Lipinski definition) is 0. The molecule has 0 fully saturated rings. The van der Waals surface area contributed by atoms with Crippen molar-refractivity contribution in [3.63, 3.8) is 0 Å². The van der Waals surface area contributed by atoms with Crippen LogP contribution in [-0.4, -0.2) is 31.2 Å². The third-order valence-corrected chi connectivity index (χ3v) is 19.8. The molecule has 2 aliphatic heterocycles. The Morgan fingerprint density at radius 2 is 0.590 bits per heavy atom. The van der Waals surface area contributed by atoms with Crippen molar-refractivity contribution in [1.82, 2.24) is 24.5 Å². The lowest BCUT2D eigenvalue weighted by atomic mass is 9.33. The van der Waals surface area contributed by atoms with Crippen LogP contribution in [0, 0.1) is 0 Å². The molecule has 14 aromatic carbocycles. The van der Waals surface area contributed by atoms with Crippen LogP contribution >= 0.6 is 0 Å². The minimum absolute atomic E-state index is 0.0613. The normalized spacial score (nSPS) is 12.1. The number of anilines is 6. The summed E-state index contributed by atoms with van der Waals surface area (Å²) in [5.41, 5.74) is 29.5. The third-order valence-electron chi connectivity index (χ3n) is 19.8. The highest BCUT2D eigenvalue weighted by Gasteiger charge is 2.43. The van der Waals surface area contributed by atoms with E-state index in [1.54, 1.807) is 0 Å². The second-order valence-electron chi connectivity index (χ2n) is 25.7. The lowest BCUT2D eigenvalue weighted by Crippen LogP contribution is -2.61. The van der Waals surface area contributed by atoms with Crippen LogP contribution in [0.4, 0.5) is 34.1 Å². The maximum absolute atomic E-state index is 5.75. The van der Waals surface area contributed by atoms with Gasteiger partial charge in [0.25, 0.3) is 6.71 Å². The van der Waals surface area contributed by atoms with E-state index in [0.29, 0.717) is 11.6 Å². The van der Waals surface area contributed by atoms with Gasteiger partial charge < -0.3 is 14.4 Å². The molecule has 3 aromatic heterocycles. The summed E-state index contributed by atoms with van der Waals surface area (Å²) in [6.07, 6.45) is 0. The molecule has 8 heteroatoms. The first-order valence-electron chi connectivity index (χ1n) is 34.0. The second-order valence-corrected chi connectivity index (χ2v) is 25.7. The van der Waals surface area contributed by atoms with E-state index >= 15 is 0 Å². The zero-order chi connectivity index (χ0) is 66.0. The third kappa shape index (κ3) is 10.2. The summed E-state index contributed by atoms with van der Waals surface area (Å²) in [4.78, 5) is 26.8. The van der Waals surface area contributed by atoms with E-state index in [0.717, 1.165) is 128 Å². The van der Waals surface area contributed by atoms with E-state index in [1.165, 1.54) is 39.1 Å². The molecule has 0 saturated carbocycles. The predicted octanol–water partition coefficient (Wildman–Crippen LogP) is 21.4. The van der Waals surface area contributed by atoms with E-state index in [4.69, 9.17) is 19.9 Å². The number of benzene rings is 14. The maximum atomic E-state index is 5.75. The Hall–Kier alpha value is -13.3. The van der Waals surface area contributed by atoms with Gasteiger partial charge in [0.15, 0.2) is 11.6 Å². The number of rotatable bonds is 12. The van der Waals surface area contributed by atoms with Crippen LogP contribution < -0.4 is 26.2 Å². The van der Waals surface area contributed by atoms with E-state index < -0.39 is 0 Å². The van der Waals surface area contributed by atoms with Crippen LogP contribution in [0.3, 0.4) is 0 Å². The minimum Gasteiger partial charge on any atom is -0.311 e. The predicted molar refractivity (Wildman–Crippen MR) is 415 cm³/mol. The van der Waals surface area contributed by atoms with Gasteiger partial charge in [-0.1, -0.05) is 261 Å². The van der Waals surface area contributed by atoms with Gasteiger partial charge in [0, 0.05) is 78.3 Å². The van der Waals surface area contributed by atoms with Crippen LogP contribution in [0.1, 0.15) is 0 Å². The van der Waals surface area contributed by atoms with Crippen molar-refractivity contribution in [2.75, 3.05) is 9.80 Å². The first-order chi connectivity index (χ1) is 49.6. The number of hydrogen-bond acceptors (Lipinski definition) is 6. The zero-order valence-electron chi connectivity index (χ0n) is 54.3. The van der Waals surface area contributed by atoms with E-state index in [1.807, 2.05) is 24.3 Å². The summed E-state index contributed by atoms with van der Waals surface area (Å²) in [5.74, 6) is 1.25. The lowest BCUT2D eigenvalue weighted by Gasteiger charge is -2.44. The van der Waals surface area contributed by atoms with Gasteiger partial charge in [0.1, 0.15) is 0 Å². The van der Waals surface area contributed by atoms with Gasteiger partial charge in [-0.05, 0) is 153 Å². The van der Waals surface area contributed by atoms with Crippen molar-refractivity contribution in [1.29, 1.82) is 0 Å². The highest BCUT2D eigenvalue weighted by Crippen LogP contribution is 2.46. The number of fused-ring (bicyclic) bond motifs is 7. The molecule has 19 rings (SSSR count). The summed E-state index contributed by atoms with van der Waals surface area (Å²) in [6.45, 7) is 0.0613. The standard InChI is InChI=1S/C92H60BN7/c1-7-25-61(26-8-1)68-47-52-83-74(56-68)75-57-69(62-27-9-2-10-28-62)48-53-84(75)100(83)85-54-49-70(81-59-79(64-29-11-3-12-30-64)94-91(96-81)66-33-15-5-16-34-66)58-76(85)82-60-80(65-31-13-4-14-32-65)95-92(97-82)71-36-23-35-67(55-71)63-45-50-73(51-46-63)99-87-42-22-20-40-78(87)93-77-39-19-21-41-86(77)98(72-37-17-6-18-38-72)88-43-24-44-89(99)90(88)93/h1-60H. The van der Waals surface area contributed by atoms with Gasteiger partial charge in [0.2, 0.25) is 0 Å². The summed E-state index contributed by atoms with van der Waals surface area (Å²) >= 11 is 0. The lowest BCUT2D eigenvalue weighted by molar-refractivity contribution is 1.15. The van der Waals surface area contributed by atoms with Crippen molar-refractivity contribution in [3.05, 3.63) is 364 Å². The highest BCUT2D eigenvalue weighted by atomic mass is 15.2. The monoisotopic (exact) mass is 1270 g/mol. The first-order valence-corrected chi connectivity index (χ1v) is 34.0. The van der Waals surface area contributed by atoms with Gasteiger partial charge in [0.05, 0.1) is 39.5 Å². The number of aromatic nitrogens is 5. The average molecular weight is 1270 g/mol. The van der Waals surface area contributed by atoms with E-state index in [-0.39, 0.29) is 6.71 Å². The van der Waals surface area contributed by atoms with Crippen molar-refractivity contribution < 1.29 is 0 Å². The Bertz CT molecular complexity index is 5810. The van der Waals surface area contributed by atoms with Crippen LogP contribution in [0.25, 0.3) is 129 Å². The van der Waals surface area contributed by atoms with Crippen molar-refractivity contribution in [2.24, 2.45) is 0 Å². The van der Waals surface area contributed by atoms with E-state index in [9.17, 15) is 0 Å². The Morgan fingerprint density at radius 1 is 0.220 bits per heavy atom. The summed E-state index contributed by atoms with van der Waals surface area (Å²) < 4.78 is 2.43. The van der Waals surface area contributed by atoms with Crippen LogP contribution in [0.2, 0.25) is 0 Å². The van der Waals surface area contributed by atoms with Gasteiger partial charge >= 0.3 is 0 Å². The molecule has 7 nitrogen and oxygen atoms in total. The molecular formula is C92H60BN7. The van der Waals surface area contributed by atoms with Gasteiger partial charge in [-0.2, -0.15) is 0 Å². The Balaban J connectivity index is 0.775. The molecule has 0 amide bonds. The molecule has 466 valence electrons. The highest BCUT2D eigenvalue weighted by molar-refractivity contribution is 7.00. The second kappa shape index (κ2) is 24.4. The molecule has 0 radical (unpaired) electrons. The number of nitrogens with zero attached hydrogens (tertiary/aromatic N) is 7. The molecule has 5 heterocycles. The fourth-order valence-electron chi connectivity index (χ4n) is 15.1. The Morgan fingerprint density at radius 3 is 1.14 bits per heavy atom. The molecule has 2 aliphatic rings. The molecule has 0 atom stereocenters. The van der Waals surface area contributed by atoms with Crippen LogP contribution in [-0.2, 0) is 0 Å². The zero-order valence-corrected chi connectivity index (χ0v) is 54.3. The van der Waals surface area contributed by atoms with Gasteiger partial charge in [-0.25, -0.2) is 19.9 Å². The Kier molecular flexibility index (Phi) is 14.2. The summed E-state index contributed by atoms with van der Waals surface area (Å²) in [5, 5.41) is 2.29. The van der Waals surface area contributed by atoms with Gasteiger partial charge in [-0.3, -0.25) is 0 Å². The molecule has 0 N–H and O–H groups in total. The fraction of sp³-hybridized carbons (Fsp3) is 0. The Labute approximate surface area is 580 Å². The smallest absolute Gasteiger partial charge is 0.252 e. The molecule has 0 bridgehead atoms. The molecular weight excluding hydrogens is 1210 g/mol. The van der Waals surface area contributed by atoms with Crippen LogP contribution in [0.15, 0.2) is 364 Å². The first kappa shape index (κ1) is 58.1. The molecule has 100 heavy (non-hydrogen) atoms. The molecule has 0 saturated heterocycles. The SMILES string of the molecule is c1ccc(-c2ccc3c(c2)c2cc(-c4ccccc4)ccc2n3-c2ccc(-c3cc(-c4ccccc4)nc(-c4ccccc4)n3)cc2-c2cc(-c3ccccc3)nc(-c3cccc(-c4ccc(N5c6ccccc6B6c7ccccc7N(c7ccccc7)c7cccc5c76)cc4)c3)n2)cc1. The summed E-state index contributed by atoms with van der Waals surface area (Å²) in [7, 11) is 0. The van der Waals surface area contributed by atoms with Crippen molar-refractivity contribution >= 4 is 79.0 Å². The summed E-state index contributed by atoms with van der Waals surface area (Å²) in [6, 6.07) is 130. The van der Waals surface area contributed by atoms with Crippen LogP contribution in [0.5, 0.6) is 0 Å². The van der Waals surface area contributed by atoms with Crippen molar-refractivity contribution in [3.8, 4) is 107 Å². The molecule has 17 aromatic rings. The van der Waals surface area contributed by atoms with Gasteiger partial charge in [-0.15, -0.1) is 0 Å². The number of para-hydroxylation sites is 3. The van der Waals surface area contributed by atoms with E-state index in [2.05, 4.69) is 354 Å². The molecule has 0 spiro atoms. The largest absolute Gasteiger partial charge is 0.311 e. The molecule has 0 aliphatic carbocycles. The quantitative estimate of drug-likeness (QED) is 0.114. The topological polar surface area (TPSA) is 63.0 Å². The molecule has 0 unspecified atom stereocenters.